The summed E-state index contributed by atoms with van der Waals surface area (Å²) >= 11 is 0. The molecule has 1 fully saturated rings. The van der Waals surface area contributed by atoms with Gasteiger partial charge in [-0.3, -0.25) is 4.79 Å². The molecule has 2 rings (SSSR count). The van der Waals surface area contributed by atoms with E-state index in [2.05, 4.69) is 19.2 Å². The van der Waals surface area contributed by atoms with E-state index in [4.69, 9.17) is 0 Å². The molecular weight excluding hydrogens is 266 g/mol. The Bertz CT molecular complexity index is 493. The first kappa shape index (κ1) is 15.8. The fraction of sp³-hybridized carbons (Fsp3) is 0.588. The van der Waals surface area contributed by atoms with E-state index in [-0.39, 0.29) is 17.6 Å². The van der Waals surface area contributed by atoms with Crippen molar-refractivity contribution >= 4 is 5.97 Å². The number of carboxylic acids is 1. The summed E-state index contributed by atoms with van der Waals surface area (Å²) in [5.74, 6) is -0.199. The van der Waals surface area contributed by atoms with E-state index in [0.717, 1.165) is 37.1 Å². The average Bonchev–Trinajstić information content (AvgIpc) is 2.87. The van der Waals surface area contributed by atoms with Gasteiger partial charge in [-0.25, -0.2) is 0 Å². The van der Waals surface area contributed by atoms with Crippen LogP contribution in [0.3, 0.4) is 0 Å². The number of phenolic OH excluding ortho intramolecular Hbond substituents is 1. The van der Waals surface area contributed by atoms with Crippen LogP contribution in [0.1, 0.15) is 31.4 Å². The van der Waals surface area contributed by atoms with Crippen molar-refractivity contribution < 1.29 is 15.0 Å². The summed E-state index contributed by atoms with van der Waals surface area (Å²) < 4.78 is 0. The van der Waals surface area contributed by atoms with E-state index < -0.39 is 5.97 Å². The number of hydrogen-bond acceptors (Lipinski definition) is 3. The lowest BCUT2D eigenvalue weighted by Crippen LogP contribution is -2.27. The van der Waals surface area contributed by atoms with Gasteiger partial charge in [0.25, 0.3) is 0 Å². The summed E-state index contributed by atoms with van der Waals surface area (Å²) in [6.07, 6.45) is 2.29. The van der Waals surface area contributed by atoms with Crippen LogP contribution in [0, 0.1) is 17.8 Å². The molecule has 0 aromatic heterocycles. The minimum Gasteiger partial charge on any atom is -0.508 e. The predicted octanol–water partition coefficient (Wildman–Crippen LogP) is 2.44. The van der Waals surface area contributed by atoms with Crippen LogP contribution in [-0.2, 0) is 17.6 Å². The van der Waals surface area contributed by atoms with Crippen LogP contribution < -0.4 is 5.32 Å². The Kier molecular flexibility index (Phi) is 5.23. The number of aromatic hydroxyl groups is 1. The highest BCUT2D eigenvalue weighted by molar-refractivity contribution is 5.71. The Morgan fingerprint density at radius 1 is 1.29 bits per heavy atom. The Labute approximate surface area is 126 Å². The molecule has 3 N–H and O–H groups in total. The van der Waals surface area contributed by atoms with Gasteiger partial charge >= 0.3 is 5.97 Å². The SMILES string of the molecule is CC(C)Cc1cc(O)cc(CC(C(=O)O)C2CCNC2)c1. The summed E-state index contributed by atoms with van der Waals surface area (Å²) in [5.41, 5.74) is 2.00. The van der Waals surface area contributed by atoms with Gasteiger partial charge in [-0.05, 0) is 67.4 Å². The van der Waals surface area contributed by atoms with Crippen LogP contribution in [0.2, 0.25) is 0 Å². The predicted molar refractivity (Wildman–Crippen MR) is 82.5 cm³/mol. The molecule has 21 heavy (non-hydrogen) atoms. The Morgan fingerprint density at radius 3 is 2.48 bits per heavy atom. The smallest absolute Gasteiger partial charge is 0.307 e. The van der Waals surface area contributed by atoms with Gasteiger partial charge in [-0.15, -0.1) is 0 Å². The van der Waals surface area contributed by atoms with Gasteiger partial charge in [0.15, 0.2) is 0 Å². The van der Waals surface area contributed by atoms with E-state index in [1.54, 1.807) is 12.1 Å². The van der Waals surface area contributed by atoms with Gasteiger partial charge in [-0.2, -0.15) is 0 Å². The summed E-state index contributed by atoms with van der Waals surface area (Å²) in [6.45, 7) is 5.93. The molecule has 1 aromatic rings. The topological polar surface area (TPSA) is 69.6 Å². The molecule has 0 saturated carbocycles. The molecular formula is C17H25NO3. The number of nitrogens with one attached hydrogen (secondary N) is 1. The number of carbonyl (C=O) groups is 1. The number of phenols is 1. The Hall–Kier alpha value is -1.55. The Balaban J connectivity index is 2.15. The third-order valence-electron chi connectivity index (χ3n) is 4.12. The van der Waals surface area contributed by atoms with E-state index >= 15 is 0 Å². The molecule has 1 heterocycles. The quantitative estimate of drug-likeness (QED) is 0.753. The second-order valence-corrected chi connectivity index (χ2v) is 6.51. The molecule has 4 heteroatoms. The molecule has 0 spiro atoms. The Morgan fingerprint density at radius 2 is 1.95 bits per heavy atom. The standard InChI is InChI=1S/C17H25NO3/c1-11(2)5-12-6-13(8-15(19)7-12)9-16(17(20)21)14-3-4-18-10-14/h6-8,11,14,16,18-19H,3-5,9-10H2,1-2H3,(H,20,21). The molecule has 1 aromatic carbocycles. The van der Waals surface area contributed by atoms with Crippen molar-refractivity contribution in [3.05, 3.63) is 29.3 Å². The molecule has 0 aliphatic carbocycles. The molecule has 2 unspecified atom stereocenters. The van der Waals surface area contributed by atoms with Crippen molar-refractivity contribution in [1.29, 1.82) is 0 Å². The highest BCUT2D eigenvalue weighted by atomic mass is 16.4. The molecule has 1 aliphatic heterocycles. The molecule has 0 amide bonds. The molecule has 4 nitrogen and oxygen atoms in total. The minimum absolute atomic E-state index is 0.179. The lowest BCUT2D eigenvalue weighted by Gasteiger charge is -2.19. The van der Waals surface area contributed by atoms with Crippen LogP contribution >= 0.6 is 0 Å². The largest absolute Gasteiger partial charge is 0.508 e. The van der Waals surface area contributed by atoms with Crippen molar-refractivity contribution in [3.63, 3.8) is 0 Å². The van der Waals surface area contributed by atoms with Crippen molar-refractivity contribution in [2.24, 2.45) is 17.8 Å². The average molecular weight is 291 g/mol. The van der Waals surface area contributed by atoms with Gasteiger partial charge < -0.3 is 15.5 Å². The van der Waals surface area contributed by atoms with Gasteiger partial charge in [-0.1, -0.05) is 19.9 Å². The van der Waals surface area contributed by atoms with Crippen molar-refractivity contribution in [1.82, 2.24) is 5.32 Å². The zero-order valence-electron chi connectivity index (χ0n) is 12.8. The summed E-state index contributed by atoms with van der Waals surface area (Å²) in [7, 11) is 0. The van der Waals surface area contributed by atoms with Crippen LogP contribution in [0.5, 0.6) is 5.75 Å². The lowest BCUT2D eigenvalue weighted by molar-refractivity contribution is -0.143. The lowest BCUT2D eigenvalue weighted by atomic mass is 9.85. The summed E-state index contributed by atoms with van der Waals surface area (Å²) in [5, 5.41) is 22.6. The first-order valence-corrected chi connectivity index (χ1v) is 7.71. The summed E-state index contributed by atoms with van der Waals surface area (Å²) in [6, 6.07) is 5.51. The van der Waals surface area contributed by atoms with E-state index in [1.807, 2.05) is 6.07 Å². The number of hydrogen-bond donors (Lipinski definition) is 3. The number of carboxylic acid groups (broad SMARTS) is 1. The minimum atomic E-state index is -0.738. The molecule has 2 atom stereocenters. The van der Waals surface area contributed by atoms with Crippen LogP contribution in [-0.4, -0.2) is 29.3 Å². The van der Waals surface area contributed by atoms with Crippen molar-refractivity contribution in [3.8, 4) is 5.75 Å². The number of benzene rings is 1. The zero-order chi connectivity index (χ0) is 15.4. The summed E-state index contributed by atoms with van der Waals surface area (Å²) in [4.78, 5) is 11.5. The molecule has 0 radical (unpaired) electrons. The second-order valence-electron chi connectivity index (χ2n) is 6.51. The maximum atomic E-state index is 11.5. The molecule has 116 valence electrons. The first-order valence-electron chi connectivity index (χ1n) is 7.71. The fourth-order valence-corrected chi connectivity index (χ4v) is 3.18. The number of aliphatic carboxylic acids is 1. The third-order valence-corrected chi connectivity index (χ3v) is 4.12. The van der Waals surface area contributed by atoms with Crippen molar-refractivity contribution in [2.75, 3.05) is 13.1 Å². The highest BCUT2D eigenvalue weighted by Crippen LogP contribution is 2.26. The maximum Gasteiger partial charge on any atom is 0.307 e. The van der Waals surface area contributed by atoms with Crippen LogP contribution in [0.25, 0.3) is 0 Å². The first-order chi connectivity index (χ1) is 9.95. The van der Waals surface area contributed by atoms with Crippen LogP contribution in [0.4, 0.5) is 0 Å². The zero-order valence-corrected chi connectivity index (χ0v) is 12.8. The molecule has 1 aliphatic rings. The number of rotatable bonds is 6. The van der Waals surface area contributed by atoms with E-state index in [0.29, 0.717) is 12.3 Å². The maximum absolute atomic E-state index is 11.5. The molecule has 1 saturated heterocycles. The molecule has 0 bridgehead atoms. The second kappa shape index (κ2) is 6.94. The monoisotopic (exact) mass is 291 g/mol. The van der Waals surface area contributed by atoms with Gasteiger partial charge in [0, 0.05) is 0 Å². The van der Waals surface area contributed by atoms with E-state index in [9.17, 15) is 15.0 Å². The van der Waals surface area contributed by atoms with Gasteiger partial charge in [0.05, 0.1) is 5.92 Å². The van der Waals surface area contributed by atoms with Crippen LogP contribution in [0.15, 0.2) is 18.2 Å². The highest BCUT2D eigenvalue weighted by Gasteiger charge is 2.30. The normalized spacial score (nSPS) is 19.9. The van der Waals surface area contributed by atoms with E-state index in [1.165, 1.54) is 0 Å². The third kappa shape index (κ3) is 4.46. The fourth-order valence-electron chi connectivity index (χ4n) is 3.18. The van der Waals surface area contributed by atoms with Gasteiger partial charge in [0.1, 0.15) is 5.75 Å². The van der Waals surface area contributed by atoms with Crippen molar-refractivity contribution in [2.45, 2.75) is 33.1 Å². The van der Waals surface area contributed by atoms with Gasteiger partial charge in [0.2, 0.25) is 0 Å².